The van der Waals surface area contributed by atoms with Crippen LogP contribution in [0.1, 0.15) is 15.9 Å². The first-order chi connectivity index (χ1) is 8.52. The topological polar surface area (TPSA) is 17.1 Å². The third kappa shape index (κ3) is 2.79. The van der Waals surface area contributed by atoms with Crippen LogP contribution in [0.3, 0.4) is 0 Å². The van der Waals surface area contributed by atoms with Crippen LogP contribution < -0.4 is 0 Å². The van der Waals surface area contributed by atoms with E-state index in [4.69, 9.17) is 0 Å². The van der Waals surface area contributed by atoms with Gasteiger partial charge in [-0.15, -0.1) is 0 Å². The van der Waals surface area contributed by atoms with Crippen LogP contribution in [0, 0.1) is 6.07 Å². The summed E-state index contributed by atoms with van der Waals surface area (Å²) in [6.45, 7) is 0. The maximum Gasteiger partial charge on any atom is 0.195 e. The van der Waals surface area contributed by atoms with E-state index in [1.54, 1.807) is 24.3 Å². The van der Waals surface area contributed by atoms with Crippen molar-refractivity contribution >= 4 is 69.5 Å². The Bertz CT molecular complexity index is 582. The zero-order chi connectivity index (χ0) is 13.3. The molecule has 0 aliphatic rings. The molecule has 91 valence electrons. The predicted molar refractivity (Wildman–Crippen MR) is 86.0 cm³/mol. The summed E-state index contributed by atoms with van der Waals surface area (Å²) in [4.78, 5) is 12.5. The van der Waals surface area contributed by atoms with Gasteiger partial charge in [0.1, 0.15) is 0 Å². The SMILES string of the molecule is O=C(c1cc[c]cc1)c1c(Br)c(Br)cc(Br)c1Br. The average molecular weight is 497 g/mol. The molecule has 0 spiro atoms. The van der Waals surface area contributed by atoms with Crippen molar-refractivity contribution in [3.05, 3.63) is 65.4 Å². The van der Waals surface area contributed by atoms with E-state index in [0.717, 1.165) is 17.9 Å². The van der Waals surface area contributed by atoms with Crippen LogP contribution in [-0.2, 0) is 0 Å². The van der Waals surface area contributed by atoms with E-state index in [-0.39, 0.29) is 5.78 Å². The Morgan fingerprint density at radius 2 is 1.44 bits per heavy atom. The highest BCUT2D eigenvalue weighted by Gasteiger charge is 2.20. The summed E-state index contributed by atoms with van der Waals surface area (Å²) < 4.78 is 3.11. The number of carbonyl (C=O) groups is 1. The lowest BCUT2D eigenvalue weighted by Crippen LogP contribution is -2.04. The van der Waals surface area contributed by atoms with E-state index in [2.05, 4.69) is 69.8 Å². The Balaban J connectivity index is 2.62. The Labute approximate surface area is 138 Å². The second-order valence-electron chi connectivity index (χ2n) is 3.46. The van der Waals surface area contributed by atoms with Gasteiger partial charge in [-0.25, -0.2) is 0 Å². The van der Waals surface area contributed by atoms with Crippen molar-refractivity contribution < 1.29 is 4.79 Å². The lowest BCUT2D eigenvalue weighted by molar-refractivity contribution is 0.103. The standard InChI is InChI=1S/C13H5Br4O/c14-8-6-9(15)12(17)10(11(8)16)13(18)7-4-2-1-3-5-7/h2-6H. The van der Waals surface area contributed by atoms with E-state index in [9.17, 15) is 4.79 Å². The van der Waals surface area contributed by atoms with E-state index in [1.165, 1.54) is 0 Å². The van der Waals surface area contributed by atoms with Crippen molar-refractivity contribution in [2.24, 2.45) is 0 Å². The monoisotopic (exact) mass is 493 g/mol. The molecule has 0 fully saturated rings. The molecule has 0 atom stereocenters. The van der Waals surface area contributed by atoms with Crippen molar-refractivity contribution in [2.45, 2.75) is 0 Å². The second-order valence-corrected chi connectivity index (χ2v) is 6.76. The molecule has 0 amide bonds. The van der Waals surface area contributed by atoms with E-state index >= 15 is 0 Å². The molecule has 2 rings (SSSR count). The first kappa shape index (κ1) is 14.4. The summed E-state index contributed by atoms with van der Waals surface area (Å²) in [5.41, 5.74) is 1.21. The van der Waals surface area contributed by atoms with Crippen LogP contribution in [-0.4, -0.2) is 5.78 Å². The van der Waals surface area contributed by atoms with Crippen molar-refractivity contribution in [1.29, 1.82) is 0 Å². The molecule has 1 radical (unpaired) electrons. The zero-order valence-corrected chi connectivity index (χ0v) is 15.2. The van der Waals surface area contributed by atoms with Crippen LogP contribution in [0.25, 0.3) is 0 Å². The van der Waals surface area contributed by atoms with Gasteiger partial charge in [0.15, 0.2) is 5.78 Å². The molecule has 0 aliphatic heterocycles. The van der Waals surface area contributed by atoms with Gasteiger partial charge in [-0.3, -0.25) is 4.79 Å². The first-order valence-electron chi connectivity index (χ1n) is 4.86. The van der Waals surface area contributed by atoms with Crippen molar-refractivity contribution in [3.8, 4) is 0 Å². The molecule has 0 heterocycles. The second kappa shape index (κ2) is 5.99. The summed E-state index contributed by atoms with van der Waals surface area (Å²) in [5, 5.41) is 0. The summed E-state index contributed by atoms with van der Waals surface area (Å²) in [6.07, 6.45) is 0. The minimum atomic E-state index is -0.0512. The molecule has 0 aliphatic carbocycles. The molecule has 0 unspecified atom stereocenters. The zero-order valence-electron chi connectivity index (χ0n) is 8.81. The number of rotatable bonds is 2. The molecule has 5 heteroatoms. The summed E-state index contributed by atoms with van der Waals surface area (Å²) in [6, 6.07) is 11.7. The highest BCUT2D eigenvalue weighted by Crippen LogP contribution is 2.38. The fourth-order valence-electron chi connectivity index (χ4n) is 1.46. The first-order valence-corrected chi connectivity index (χ1v) is 8.03. The van der Waals surface area contributed by atoms with E-state index in [1.807, 2.05) is 6.07 Å². The number of hydrogen-bond acceptors (Lipinski definition) is 1. The highest BCUT2D eigenvalue weighted by molar-refractivity contribution is 9.14. The van der Waals surface area contributed by atoms with Gasteiger partial charge in [0.2, 0.25) is 0 Å². The van der Waals surface area contributed by atoms with Gasteiger partial charge in [-0.1, -0.05) is 24.3 Å². The van der Waals surface area contributed by atoms with Crippen LogP contribution in [0.5, 0.6) is 0 Å². The number of benzene rings is 2. The largest absolute Gasteiger partial charge is 0.289 e. The summed E-state index contributed by atoms with van der Waals surface area (Å²) in [7, 11) is 0. The fraction of sp³-hybridized carbons (Fsp3) is 0. The molecular weight excluding hydrogens is 492 g/mol. The van der Waals surface area contributed by atoms with Gasteiger partial charge in [-0.05, 0) is 75.9 Å². The quantitative estimate of drug-likeness (QED) is 0.381. The number of ketones is 1. The smallest absolute Gasteiger partial charge is 0.195 e. The molecule has 2 aromatic carbocycles. The van der Waals surface area contributed by atoms with Gasteiger partial charge >= 0.3 is 0 Å². The maximum atomic E-state index is 12.5. The normalized spacial score (nSPS) is 10.4. The number of hydrogen-bond donors (Lipinski definition) is 0. The fourth-order valence-corrected chi connectivity index (χ4v) is 3.87. The molecule has 0 saturated heterocycles. The van der Waals surface area contributed by atoms with Crippen LogP contribution in [0.15, 0.2) is 48.2 Å². The van der Waals surface area contributed by atoms with Gasteiger partial charge in [0.05, 0.1) is 5.56 Å². The van der Waals surface area contributed by atoms with Crippen molar-refractivity contribution in [1.82, 2.24) is 0 Å². The molecule has 2 aromatic rings. The highest BCUT2D eigenvalue weighted by atomic mass is 79.9. The summed E-state index contributed by atoms with van der Waals surface area (Å²) >= 11 is 13.7. The van der Waals surface area contributed by atoms with Crippen molar-refractivity contribution in [2.75, 3.05) is 0 Å². The third-order valence-corrected chi connectivity index (χ3v) is 6.28. The number of halogens is 4. The van der Waals surface area contributed by atoms with Gasteiger partial charge in [0.25, 0.3) is 0 Å². The molecule has 1 nitrogen and oxygen atoms in total. The molecule has 0 aromatic heterocycles. The Morgan fingerprint density at radius 3 is 1.94 bits per heavy atom. The van der Waals surface area contributed by atoms with Crippen LogP contribution in [0.2, 0.25) is 0 Å². The van der Waals surface area contributed by atoms with Crippen LogP contribution >= 0.6 is 63.7 Å². The van der Waals surface area contributed by atoms with Gasteiger partial charge in [-0.2, -0.15) is 0 Å². The minimum Gasteiger partial charge on any atom is -0.289 e. The minimum absolute atomic E-state index is 0.0512. The van der Waals surface area contributed by atoms with E-state index < -0.39 is 0 Å². The Kier molecular flexibility index (Phi) is 4.80. The lowest BCUT2D eigenvalue weighted by Gasteiger charge is -2.10. The van der Waals surface area contributed by atoms with Gasteiger partial charge < -0.3 is 0 Å². The predicted octanol–water partition coefficient (Wildman–Crippen LogP) is 5.77. The molecule has 18 heavy (non-hydrogen) atoms. The average Bonchev–Trinajstić information content (AvgIpc) is 2.37. The van der Waals surface area contributed by atoms with Crippen LogP contribution in [0.4, 0.5) is 0 Å². The Hall–Kier alpha value is 0.0300. The molecule has 0 bridgehead atoms. The molecule has 0 saturated carbocycles. The Morgan fingerprint density at radius 1 is 0.944 bits per heavy atom. The summed E-state index contributed by atoms with van der Waals surface area (Å²) in [5.74, 6) is -0.0512. The lowest BCUT2D eigenvalue weighted by atomic mass is 10.0. The van der Waals surface area contributed by atoms with Gasteiger partial charge in [0, 0.05) is 23.5 Å². The van der Waals surface area contributed by atoms with Crippen molar-refractivity contribution in [3.63, 3.8) is 0 Å². The molecular formula is C13H5Br4O. The number of carbonyl (C=O) groups excluding carboxylic acids is 1. The third-order valence-electron chi connectivity index (χ3n) is 2.32. The molecule has 0 N–H and O–H groups in total. The maximum absolute atomic E-state index is 12.5. The van der Waals surface area contributed by atoms with E-state index in [0.29, 0.717) is 11.1 Å².